The lowest BCUT2D eigenvalue weighted by Crippen LogP contribution is -2.41. The number of hydrogen-bond acceptors (Lipinski definition) is 2. The van der Waals surface area contributed by atoms with Crippen LogP contribution in [0.25, 0.3) is 0 Å². The Kier molecular flexibility index (Phi) is 6.28. The van der Waals surface area contributed by atoms with Gasteiger partial charge in [0.05, 0.1) is 0 Å². The second kappa shape index (κ2) is 8.85. The van der Waals surface area contributed by atoms with Crippen LogP contribution >= 0.6 is 0 Å². The first-order chi connectivity index (χ1) is 12.3. The van der Waals surface area contributed by atoms with Gasteiger partial charge in [-0.05, 0) is 43.6 Å². The Labute approximate surface area is 151 Å². The second-order valence-electron chi connectivity index (χ2n) is 6.93. The number of nitrogens with zero attached hydrogens (tertiary/aromatic N) is 1. The van der Waals surface area contributed by atoms with Gasteiger partial charge in [-0.25, -0.2) is 0 Å². The van der Waals surface area contributed by atoms with Gasteiger partial charge < -0.3 is 10.0 Å². The molecule has 1 atom stereocenters. The summed E-state index contributed by atoms with van der Waals surface area (Å²) in [6.45, 7) is 2.79. The van der Waals surface area contributed by atoms with Gasteiger partial charge in [0.2, 0.25) is 0 Å². The summed E-state index contributed by atoms with van der Waals surface area (Å²) in [5, 5.41) is 11.5. The van der Waals surface area contributed by atoms with E-state index in [1.807, 2.05) is 60.7 Å². The quantitative estimate of drug-likeness (QED) is 0.848. The Balaban J connectivity index is 1.78. The van der Waals surface area contributed by atoms with Crippen LogP contribution in [0.1, 0.15) is 43.2 Å². The summed E-state index contributed by atoms with van der Waals surface area (Å²) >= 11 is 0. The molecule has 3 rings (SSSR count). The van der Waals surface area contributed by atoms with E-state index in [2.05, 4.69) is 16.7 Å². The maximum atomic E-state index is 11.5. The van der Waals surface area contributed by atoms with Gasteiger partial charge in [-0.1, -0.05) is 73.2 Å². The Morgan fingerprint density at radius 1 is 0.840 bits per heavy atom. The molecule has 1 saturated heterocycles. The summed E-state index contributed by atoms with van der Waals surface area (Å²) in [6, 6.07) is 20.0. The van der Waals surface area contributed by atoms with Gasteiger partial charge in [0.25, 0.3) is 0 Å². The molecule has 25 heavy (non-hydrogen) atoms. The van der Waals surface area contributed by atoms with Crippen molar-refractivity contribution < 1.29 is 5.11 Å². The summed E-state index contributed by atoms with van der Waals surface area (Å²) in [4.78, 5) is 2.41. The van der Waals surface area contributed by atoms with E-state index in [0.29, 0.717) is 13.0 Å². The fraction of sp³-hybridized carbons (Fsp3) is 0.391. The Hall–Kier alpha value is -2.08. The largest absolute Gasteiger partial charge is 0.383 e. The fourth-order valence-electron chi connectivity index (χ4n) is 3.48. The van der Waals surface area contributed by atoms with E-state index in [0.717, 1.165) is 24.2 Å². The average molecular weight is 333 g/mol. The van der Waals surface area contributed by atoms with Crippen LogP contribution in [-0.2, 0) is 5.60 Å². The van der Waals surface area contributed by atoms with E-state index >= 15 is 0 Å². The third-order valence-electron chi connectivity index (χ3n) is 4.88. The monoisotopic (exact) mass is 333 g/mol. The summed E-state index contributed by atoms with van der Waals surface area (Å²) in [5.74, 6) is 6.41. The van der Waals surface area contributed by atoms with Crippen molar-refractivity contribution in [3.63, 3.8) is 0 Å². The normalized spacial score (nSPS) is 17.8. The molecule has 2 aromatic carbocycles. The molecule has 1 aliphatic rings. The fourth-order valence-corrected chi connectivity index (χ4v) is 3.48. The third-order valence-corrected chi connectivity index (χ3v) is 4.88. The maximum Gasteiger partial charge on any atom is 0.113 e. The van der Waals surface area contributed by atoms with Gasteiger partial charge in [0, 0.05) is 18.5 Å². The SMILES string of the molecule is OC(CC#Cc1ccccc1)(CN1CCCCCC1)c1ccccc1. The lowest BCUT2D eigenvalue weighted by atomic mass is 9.89. The summed E-state index contributed by atoms with van der Waals surface area (Å²) in [6.07, 6.45) is 5.49. The number of hydrogen-bond donors (Lipinski definition) is 1. The summed E-state index contributed by atoms with van der Waals surface area (Å²) in [7, 11) is 0. The first-order valence-electron chi connectivity index (χ1n) is 9.30. The van der Waals surface area contributed by atoms with Crippen molar-refractivity contribution in [3.05, 3.63) is 71.8 Å². The van der Waals surface area contributed by atoms with Crippen molar-refractivity contribution in [1.82, 2.24) is 4.90 Å². The minimum Gasteiger partial charge on any atom is -0.383 e. The molecule has 0 amide bonds. The number of benzene rings is 2. The van der Waals surface area contributed by atoms with Crippen LogP contribution in [0.4, 0.5) is 0 Å². The molecule has 2 aromatic rings. The van der Waals surface area contributed by atoms with E-state index < -0.39 is 5.60 Å². The molecule has 0 bridgehead atoms. The van der Waals surface area contributed by atoms with Crippen LogP contribution in [0.3, 0.4) is 0 Å². The van der Waals surface area contributed by atoms with E-state index in [1.54, 1.807) is 0 Å². The van der Waals surface area contributed by atoms with Crippen LogP contribution in [0, 0.1) is 11.8 Å². The highest BCUT2D eigenvalue weighted by molar-refractivity contribution is 5.35. The molecule has 2 heteroatoms. The van der Waals surface area contributed by atoms with Crippen LogP contribution in [0.2, 0.25) is 0 Å². The molecule has 0 aliphatic carbocycles. The van der Waals surface area contributed by atoms with E-state index in [-0.39, 0.29) is 0 Å². The molecule has 2 nitrogen and oxygen atoms in total. The molecule has 0 saturated carbocycles. The zero-order chi connectivity index (χ0) is 17.4. The molecule has 0 spiro atoms. The number of β-amino-alcohol motifs (C(OH)–C–C–N with tert-alkyl or cyclic N) is 1. The summed E-state index contributed by atoms with van der Waals surface area (Å²) < 4.78 is 0. The number of aliphatic hydroxyl groups is 1. The van der Waals surface area contributed by atoms with Crippen molar-refractivity contribution in [1.29, 1.82) is 0 Å². The molecule has 0 aromatic heterocycles. The minimum atomic E-state index is -0.923. The number of likely N-dealkylation sites (tertiary alicyclic amines) is 1. The van der Waals surface area contributed by atoms with E-state index in [4.69, 9.17) is 0 Å². The zero-order valence-electron chi connectivity index (χ0n) is 14.8. The van der Waals surface area contributed by atoms with Crippen molar-refractivity contribution in [2.24, 2.45) is 0 Å². The van der Waals surface area contributed by atoms with Crippen LogP contribution in [-0.4, -0.2) is 29.6 Å². The Morgan fingerprint density at radius 2 is 1.44 bits per heavy atom. The van der Waals surface area contributed by atoms with Crippen LogP contribution in [0.5, 0.6) is 0 Å². The lowest BCUT2D eigenvalue weighted by Gasteiger charge is -2.33. The van der Waals surface area contributed by atoms with Gasteiger partial charge in [-0.2, -0.15) is 0 Å². The standard InChI is InChI=1S/C23H27NO/c25-23(22-15-7-4-8-16-22,20-24-18-9-1-2-10-19-24)17-11-14-21-12-5-3-6-13-21/h3-8,12-13,15-16,25H,1-2,9-10,17-20H2. The second-order valence-corrected chi connectivity index (χ2v) is 6.93. The van der Waals surface area contributed by atoms with Crippen LogP contribution in [0.15, 0.2) is 60.7 Å². The van der Waals surface area contributed by atoms with Gasteiger partial charge in [0.1, 0.15) is 5.60 Å². The maximum absolute atomic E-state index is 11.5. The average Bonchev–Trinajstić information content (AvgIpc) is 2.92. The van der Waals surface area contributed by atoms with Gasteiger partial charge in [-0.15, -0.1) is 0 Å². The molecule has 1 N–H and O–H groups in total. The molecule has 130 valence electrons. The first kappa shape index (κ1) is 17.7. The van der Waals surface area contributed by atoms with Gasteiger partial charge in [0.15, 0.2) is 0 Å². The molecule has 1 aliphatic heterocycles. The van der Waals surface area contributed by atoms with E-state index in [1.165, 1.54) is 25.7 Å². The lowest BCUT2D eigenvalue weighted by molar-refractivity contribution is 0.00403. The predicted molar refractivity (Wildman–Crippen MR) is 103 cm³/mol. The zero-order valence-corrected chi connectivity index (χ0v) is 14.8. The highest BCUT2D eigenvalue weighted by atomic mass is 16.3. The molecule has 1 heterocycles. The molecule has 1 unspecified atom stereocenters. The van der Waals surface area contributed by atoms with Gasteiger partial charge in [-0.3, -0.25) is 0 Å². The van der Waals surface area contributed by atoms with Crippen molar-refractivity contribution in [2.75, 3.05) is 19.6 Å². The third kappa shape index (κ3) is 5.19. The molecular weight excluding hydrogens is 306 g/mol. The highest BCUT2D eigenvalue weighted by Gasteiger charge is 2.31. The molecule has 1 fully saturated rings. The van der Waals surface area contributed by atoms with Crippen molar-refractivity contribution in [3.8, 4) is 11.8 Å². The Bertz CT molecular complexity index is 693. The predicted octanol–water partition coefficient (Wildman–Crippen LogP) is 4.19. The van der Waals surface area contributed by atoms with Crippen molar-refractivity contribution in [2.45, 2.75) is 37.7 Å². The van der Waals surface area contributed by atoms with Crippen LogP contribution < -0.4 is 0 Å². The van der Waals surface area contributed by atoms with Gasteiger partial charge >= 0.3 is 0 Å². The topological polar surface area (TPSA) is 23.5 Å². The van der Waals surface area contributed by atoms with Crippen molar-refractivity contribution >= 4 is 0 Å². The minimum absolute atomic E-state index is 0.447. The molecular formula is C23H27NO. The van der Waals surface area contributed by atoms with E-state index in [9.17, 15) is 5.11 Å². The highest BCUT2D eigenvalue weighted by Crippen LogP contribution is 2.27. The first-order valence-corrected chi connectivity index (χ1v) is 9.30. The Morgan fingerprint density at radius 3 is 2.08 bits per heavy atom. The number of rotatable bonds is 4. The summed E-state index contributed by atoms with van der Waals surface area (Å²) in [5.41, 5.74) is 1.03. The smallest absolute Gasteiger partial charge is 0.113 e. The molecule has 0 radical (unpaired) electrons.